The maximum Gasteiger partial charge on any atom is 0.494 e. The van der Waals surface area contributed by atoms with Crippen LogP contribution >= 0.6 is 0 Å². The highest BCUT2D eigenvalue weighted by atomic mass is 19.3. The van der Waals surface area contributed by atoms with Gasteiger partial charge >= 0.3 is 7.12 Å². The lowest BCUT2D eigenvalue weighted by atomic mass is 9.79. The predicted octanol–water partition coefficient (Wildman–Crippen LogP) is 4.32. The van der Waals surface area contributed by atoms with Crippen LogP contribution in [0.4, 0.5) is 8.78 Å². The van der Waals surface area contributed by atoms with Crippen LogP contribution < -0.4 is 5.46 Å². The van der Waals surface area contributed by atoms with Crippen LogP contribution in [-0.4, -0.2) is 27.9 Å². The summed E-state index contributed by atoms with van der Waals surface area (Å²) in [5.41, 5.74) is 2.26. The number of hydrogen-bond acceptors (Lipinski definition) is 3. The zero-order chi connectivity index (χ0) is 20.1. The van der Waals surface area contributed by atoms with Crippen molar-refractivity contribution in [1.29, 1.82) is 0 Å². The third-order valence-electron chi connectivity index (χ3n) is 5.77. The van der Waals surface area contributed by atoms with Gasteiger partial charge in [-0.25, -0.2) is 13.8 Å². The van der Waals surface area contributed by atoms with Crippen LogP contribution in [0, 0.1) is 0 Å². The SMILES string of the molecule is CC1(C)OB(c2ccc(Cn3cnc4c(C(F)F)cccc43)cc2)OC1(C)C. The number of aromatic nitrogens is 2. The Morgan fingerprint density at radius 2 is 1.64 bits per heavy atom. The summed E-state index contributed by atoms with van der Waals surface area (Å²) in [7, 11) is -0.401. The molecule has 4 rings (SSSR count). The zero-order valence-corrected chi connectivity index (χ0v) is 16.4. The molecule has 0 unspecified atom stereocenters. The van der Waals surface area contributed by atoms with Crippen molar-refractivity contribution in [2.45, 2.75) is 51.9 Å². The van der Waals surface area contributed by atoms with E-state index in [-0.39, 0.29) is 16.8 Å². The Bertz CT molecular complexity index is 983. The lowest BCUT2D eigenvalue weighted by Gasteiger charge is -2.32. The summed E-state index contributed by atoms with van der Waals surface area (Å²) in [6, 6.07) is 12.9. The molecule has 0 N–H and O–H groups in total. The molecule has 2 aromatic carbocycles. The normalized spacial score (nSPS) is 18.3. The first kappa shape index (κ1) is 19.1. The van der Waals surface area contributed by atoms with Gasteiger partial charge < -0.3 is 13.9 Å². The highest BCUT2D eigenvalue weighted by molar-refractivity contribution is 6.62. The van der Waals surface area contributed by atoms with Gasteiger partial charge in [-0.1, -0.05) is 36.4 Å². The Balaban J connectivity index is 1.55. The van der Waals surface area contributed by atoms with E-state index in [1.807, 2.05) is 62.6 Å². The van der Waals surface area contributed by atoms with E-state index < -0.39 is 13.5 Å². The summed E-state index contributed by atoms with van der Waals surface area (Å²) in [6.07, 6.45) is -0.926. The number of para-hydroxylation sites is 1. The quantitative estimate of drug-likeness (QED) is 0.629. The summed E-state index contributed by atoms with van der Waals surface area (Å²) in [5.74, 6) is 0. The van der Waals surface area contributed by atoms with E-state index in [9.17, 15) is 8.78 Å². The topological polar surface area (TPSA) is 36.3 Å². The van der Waals surface area contributed by atoms with Crippen LogP contribution in [0.5, 0.6) is 0 Å². The fraction of sp³-hybridized carbons (Fsp3) is 0.381. The molecule has 0 bridgehead atoms. The molecule has 1 aliphatic rings. The molecule has 0 radical (unpaired) electrons. The molecule has 1 aliphatic heterocycles. The highest BCUT2D eigenvalue weighted by Gasteiger charge is 2.51. The predicted molar refractivity (Wildman–Crippen MR) is 106 cm³/mol. The zero-order valence-electron chi connectivity index (χ0n) is 16.4. The molecule has 0 aliphatic carbocycles. The number of benzene rings is 2. The second-order valence-electron chi connectivity index (χ2n) is 8.22. The van der Waals surface area contributed by atoms with Crippen LogP contribution in [0.2, 0.25) is 0 Å². The number of nitrogens with zero attached hydrogens (tertiary/aromatic N) is 2. The second kappa shape index (κ2) is 6.67. The molecule has 0 saturated carbocycles. The number of halogens is 2. The molecule has 4 nitrogen and oxygen atoms in total. The van der Waals surface area contributed by atoms with Gasteiger partial charge in [0.05, 0.1) is 28.6 Å². The van der Waals surface area contributed by atoms with Crippen LogP contribution in [-0.2, 0) is 15.9 Å². The third kappa shape index (κ3) is 3.23. The van der Waals surface area contributed by atoms with Gasteiger partial charge in [0, 0.05) is 12.1 Å². The molecule has 0 spiro atoms. The van der Waals surface area contributed by atoms with E-state index in [0.29, 0.717) is 17.6 Å². The lowest BCUT2D eigenvalue weighted by molar-refractivity contribution is 0.00578. The molecule has 1 aromatic heterocycles. The minimum atomic E-state index is -2.54. The Labute approximate surface area is 163 Å². The fourth-order valence-electron chi connectivity index (χ4n) is 3.37. The largest absolute Gasteiger partial charge is 0.494 e. The highest BCUT2D eigenvalue weighted by Crippen LogP contribution is 2.36. The van der Waals surface area contributed by atoms with Gasteiger partial charge in [0.2, 0.25) is 0 Å². The molecule has 2 heterocycles. The summed E-state index contributed by atoms with van der Waals surface area (Å²) in [4.78, 5) is 4.19. The monoisotopic (exact) mass is 384 g/mol. The third-order valence-corrected chi connectivity index (χ3v) is 5.77. The van der Waals surface area contributed by atoms with Gasteiger partial charge in [0.15, 0.2) is 0 Å². The maximum atomic E-state index is 13.2. The number of alkyl halides is 2. The van der Waals surface area contributed by atoms with Crippen molar-refractivity contribution >= 4 is 23.6 Å². The lowest BCUT2D eigenvalue weighted by Crippen LogP contribution is -2.41. The Kier molecular flexibility index (Phi) is 4.55. The van der Waals surface area contributed by atoms with Crippen LogP contribution in [0.15, 0.2) is 48.8 Å². The first-order valence-electron chi connectivity index (χ1n) is 9.34. The summed E-state index contributed by atoms with van der Waals surface area (Å²) in [5, 5.41) is 0. The van der Waals surface area contributed by atoms with Gasteiger partial charge in [-0.3, -0.25) is 0 Å². The average molecular weight is 384 g/mol. The molecule has 3 aromatic rings. The van der Waals surface area contributed by atoms with Crippen LogP contribution in [0.1, 0.15) is 45.2 Å². The van der Waals surface area contributed by atoms with E-state index in [0.717, 1.165) is 11.0 Å². The minimum Gasteiger partial charge on any atom is -0.399 e. The van der Waals surface area contributed by atoms with Crippen molar-refractivity contribution in [2.75, 3.05) is 0 Å². The molecular weight excluding hydrogens is 361 g/mol. The maximum absolute atomic E-state index is 13.2. The molecule has 0 atom stereocenters. The molecule has 7 heteroatoms. The Morgan fingerprint density at radius 1 is 1.00 bits per heavy atom. The molecular formula is C21H23BF2N2O2. The number of hydrogen-bond donors (Lipinski definition) is 0. The van der Waals surface area contributed by atoms with Gasteiger partial charge in [0.1, 0.15) is 0 Å². The average Bonchev–Trinajstić information content (AvgIpc) is 3.13. The number of rotatable bonds is 4. The minimum absolute atomic E-state index is 0.0349. The summed E-state index contributed by atoms with van der Waals surface area (Å²) >= 11 is 0. The first-order chi connectivity index (χ1) is 13.2. The Morgan fingerprint density at radius 3 is 2.25 bits per heavy atom. The van der Waals surface area contributed by atoms with E-state index in [2.05, 4.69) is 4.98 Å². The van der Waals surface area contributed by atoms with Crippen molar-refractivity contribution < 1.29 is 18.1 Å². The van der Waals surface area contributed by atoms with Crippen molar-refractivity contribution in [3.8, 4) is 0 Å². The van der Waals surface area contributed by atoms with Crippen LogP contribution in [0.25, 0.3) is 11.0 Å². The summed E-state index contributed by atoms with van der Waals surface area (Å²) in [6.45, 7) is 8.66. The van der Waals surface area contributed by atoms with E-state index in [4.69, 9.17) is 9.31 Å². The van der Waals surface area contributed by atoms with E-state index in [1.165, 1.54) is 6.07 Å². The van der Waals surface area contributed by atoms with Crippen LogP contribution in [0.3, 0.4) is 0 Å². The van der Waals surface area contributed by atoms with E-state index >= 15 is 0 Å². The first-order valence-corrected chi connectivity index (χ1v) is 9.34. The second-order valence-corrected chi connectivity index (χ2v) is 8.22. The number of fused-ring (bicyclic) bond motifs is 1. The summed E-state index contributed by atoms with van der Waals surface area (Å²) < 4.78 is 40.4. The van der Waals surface area contributed by atoms with Crippen molar-refractivity contribution in [2.24, 2.45) is 0 Å². The van der Waals surface area contributed by atoms with E-state index in [1.54, 1.807) is 12.4 Å². The molecule has 28 heavy (non-hydrogen) atoms. The van der Waals surface area contributed by atoms with Crippen molar-refractivity contribution in [3.05, 3.63) is 59.9 Å². The standard InChI is InChI=1S/C21H23BF2N2O2/c1-20(2)21(3,4)28-22(27-20)15-10-8-14(9-11-15)12-26-13-25-18-16(19(23)24)6-5-7-17(18)26/h5-11,13,19H,12H2,1-4H3. The fourth-order valence-corrected chi connectivity index (χ4v) is 3.37. The molecule has 1 fully saturated rings. The van der Waals surface area contributed by atoms with Gasteiger partial charge in [0.25, 0.3) is 6.43 Å². The molecule has 146 valence electrons. The van der Waals surface area contributed by atoms with Crippen molar-refractivity contribution in [3.63, 3.8) is 0 Å². The van der Waals surface area contributed by atoms with Crippen molar-refractivity contribution in [1.82, 2.24) is 9.55 Å². The molecule has 0 amide bonds. The molecule has 1 saturated heterocycles. The van der Waals surface area contributed by atoms with Gasteiger partial charge in [-0.2, -0.15) is 0 Å². The number of imidazole rings is 1. The Hall–Kier alpha value is -2.25. The smallest absolute Gasteiger partial charge is 0.399 e. The van der Waals surface area contributed by atoms with Gasteiger partial charge in [-0.05, 0) is 44.8 Å². The van der Waals surface area contributed by atoms with Gasteiger partial charge in [-0.15, -0.1) is 0 Å².